The number of methoxy groups -OCH3 is 1. The number of benzene rings is 2. The van der Waals surface area contributed by atoms with Crippen LogP contribution in [0.15, 0.2) is 54.9 Å². The SMILES string of the molecule is COc1ccc(-c2cn3cc(-c4ccc(Cl)c(Cl)c4)n(C)c3n2)cc1. The number of ether oxygens (including phenoxy) is 1. The van der Waals surface area contributed by atoms with Gasteiger partial charge in [0, 0.05) is 30.6 Å². The average Bonchev–Trinajstić information content (AvgIpc) is 3.17. The number of rotatable bonds is 3. The van der Waals surface area contributed by atoms with E-state index in [1.54, 1.807) is 13.2 Å². The van der Waals surface area contributed by atoms with E-state index in [2.05, 4.69) is 0 Å². The Hall–Kier alpha value is -2.43. The Labute approximate surface area is 155 Å². The molecule has 0 radical (unpaired) electrons. The van der Waals surface area contributed by atoms with Crippen LogP contribution in [0, 0.1) is 0 Å². The summed E-state index contributed by atoms with van der Waals surface area (Å²) in [5.41, 5.74) is 3.96. The molecule has 25 heavy (non-hydrogen) atoms. The molecule has 4 aromatic rings. The Bertz CT molecular complexity index is 1060. The first kappa shape index (κ1) is 16.1. The third-order valence-corrected chi connectivity index (χ3v) is 4.98. The zero-order valence-electron chi connectivity index (χ0n) is 13.7. The van der Waals surface area contributed by atoms with Gasteiger partial charge in [0.25, 0.3) is 0 Å². The van der Waals surface area contributed by atoms with Gasteiger partial charge in [0.1, 0.15) is 5.75 Å². The normalized spacial score (nSPS) is 11.2. The van der Waals surface area contributed by atoms with Crippen LogP contribution < -0.4 is 4.74 Å². The van der Waals surface area contributed by atoms with E-state index in [1.165, 1.54) is 0 Å². The molecule has 0 saturated carbocycles. The van der Waals surface area contributed by atoms with Gasteiger partial charge >= 0.3 is 0 Å². The monoisotopic (exact) mass is 371 g/mol. The molecular formula is C19H15Cl2N3O. The molecule has 126 valence electrons. The first-order valence-electron chi connectivity index (χ1n) is 7.71. The van der Waals surface area contributed by atoms with Gasteiger partial charge in [-0.15, -0.1) is 0 Å². The van der Waals surface area contributed by atoms with Gasteiger partial charge in [0.05, 0.1) is 28.5 Å². The fourth-order valence-corrected chi connectivity index (χ4v) is 3.18. The van der Waals surface area contributed by atoms with Crippen LogP contribution in [0.1, 0.15) is 0 Å². The second-order valence-corrected chi connectivity index (χ2v) is 6.58. The molecule has 2 heterocycles. The smallest absolute Gasteiger partial charge is 0.214 e. The van der Waals surface area contributed by atoms with E-state index in [0.717, 1.165) is 34.0 Å². The largest absolute Gasteiger partial charge is 0.497 e. The van der Waals surface area contributed by atoms with Crippen molar-refractivity contribution in [3.05, 3.63) is 64.9 Å². The van der Waals surface area contributed by atoms with E-state index in [4.69, 9.17) is 32.9 Å². The molecule has 0 unspecified atom stereocenters. The lowest BCUT2D eigenvalue weighted by atomic mass is 10.1. The number of halogens is 2. The lowest BCUT2D eigenvalue weighted by Gasteiger charge is -2.04. The lowest BCUT2D eigenvalue weighted by Crippen LogP contribution is -1.93. The minimum Gasteiger partial charge on any atom is -0.497 e. The highest BCUT2D eigenvalue weighted by atomic mass is 35.5. The lowest BCUT2D eigenvalue weighted by molar-refractivity contribution is 0.415. The Morgan fingerprint density at radius 3 is 2.28 bits per heavy atom. The van der Waals surface area contributed by atoms with Crippen molar-refractivity contribution in [2.45, 2.75) is 0 Å². The molecule has 4 nitrogen and oxygen atoms in total. The van der Waals surface area contributed by atoms with Gasteiger partial charge in [0.15, 0.2) is 0 Å². The third-order valence-electron chi connectivity index (χ3n) is 4.24. The summed E-state index contributed by atoms with van der Waals surface area (Å²) in [6.07, 6.45) is 4.05. The van der Waals surface area contributed by atoms with Crippen molar-refractivity contribution in [3.63, 3.8) is 0 Å². The average molecular weight is 372 g/mol. The van der Waals surface area contributed by atoms with Gasteiger partial charge in [-0.3, -0.25) is 4.40 Å². The molecule has 0 bridgehead atoms. The number of aromatic nitrogens is 3. The van der Waals surface area contributed by atoms with Crippen molar-refractivity contribution in [1.29, 1.82) is 0 Å². The van der Waals surface area contributed by atoms with Crippen LogP contribution in [0.2, 0.25) is 10.0 Å². The number of hydrogen-bond donors (Lipinski definition) is 0. The second kappa shape index (κ2) is 6.14. The van der Waals surface area contributed by atoms with Crippen LogP contribution >= 0.6 is 23.2 Å². The highest BCUT2D eigenvalue weighted by molar-refractivity contribution is 6.42. The van der Waals surface area contributed by atoms with Gasteiger partial charge in [0.2, 0.25) is 5.78 Å². The molecule has 0 saturated heterocycles. The van der Waals surface area contributed by atoms with Crippen LogP contribution in [0.25, 0.3) is 28.3 Å². The molecule has 0 N–H and O–H groups in total. The number of hydrogen-bond acceptors (Lipinski definition) is 2. The van der Waals surface area contributed by atoms with Crippen molar-refractivity contribution < 1.29 is 4.74 Å². The first-order valence-corrected chi connectivity index (χ1v) is 8.46. The Kier molecular flexibility index (Phi) is 3.94. The van der Waals surface area contributed by atoms with Gasteiger partial charge in [-0.05, 0) is 36.4 Å². The number of fused-ring (bicyclic) bond motifs is 1. The molecule has 2 aromatic heterocycles. The summed E-state index contributed by atoms with van der Waals surface area (Å²) in [6.45, 7) is 0. The standard InChI is InChI=1S/C19H15Cl2N3O/c1-23-18(13-5-8-15(20)16(21)9-13)11-24-10-17(22-19(23)24)12-3-6-14(25-2)7-4-12/h3-11H,1-2H3. The van der Waals surface area contributed by atoms with Crippen molar-refractivity contribution in [1.82, 2.24) is 14.0 Å². The fraction of sp³-hybridized carbons (Fsp3) is 0.105. The van der Waals surface area contributed by atoms with E-state index < -0.39 is 0 Å². The van der Waals surface area contributed by atoms with Gasteiger partial charge in [-0.1, -0.05) is 29.3 Å². The number of nitrogens with zero attached hydrogens (tertiary/aromatic N) is 3. The Morgan fingerprint density at radius 2 is 1.64 bits per heavy atom. The fourth-order valence-electron chi connectivity index (χ4n) is 2.88. The molecular weight excluding hydrogens is 357 g/mol. The van der Waals surface area contributed by atoms with Crippen molar-refractivity contribution in [3.8, 4) is 28.3 Å². The summed E-state index contributed by atoms with van der Waals surface area (Å²) in [5, 5.41) is 1.09. The minimum absolute atomic E-state index is 0.539. The van der Waals surface area contributed by atoms with Crippen LogP contribution in [0.3, 0.4) is 0 Å². The maximum atomic E-state index is 6.14. The predicted octanol–water partition coefficient (Wildman–Crippen LogP) is 5.32. The zero-order valence-corrected chi connectivity index (χ0v) is 15.2. The van der Waals surface area contributed by atoms with E-state index in [-0.39, 0.29) is 0 Å². The van der Waals surface area contributed by atoms with Crippen LogP contribution in [0.4, 0.5) is 0 Å². The molecule has 0 atom stereocenters. The molecule has 6 heteroatoms. The third kappa shape index (κ3) is 2.77. The first-order chi connectivity index (χ1) is 12.1. The van der Waals surface area contributed by atoms with E-state index in [0.29, 0.717) is 10.0 Å². The molecule has 0 aliphatic carbocycles. The molecule has 0 fully saturated rings. The van der Waals surface area contributed by atoms with Gasteiger partial charge in [-0.2, -0.15) is 0 Å². The molecule has 0 spiro atoms. The van der Waals surface area contributed by atoms with Gasteiger partial charge in [-0.25, -0.2) is 4.98 Å². The van der Waals surface area contributed by atoms with E-state index >= 15 is 0 Å². The van der Waals surface area contributed by atoms with E-state index in [1.807, 2.05) is 64.8 Å². The van der Waals surface area contributed by atoms with Crippen LogP contribution in [-0.4, -0.2) is 21.1 Å². The van der Waals surface area contributed by atoms with E-state index in [9.17, 15) is 0 Å². The van der Waals surface area contributed by atoms with Crippen molar-refractivity contribution in [2.24, 2.45) is 7.05 Å². The molecule has 0 amide bonds. The summed E-state index contributed by atoms with van der Waals surface area (Å²) >= 11 is 12.2. The predicted molar refractivity (Wildman–Crippen MR) is 102 cm³/mol. The highest BCUT2D eigenvalue weighted by Gasteiger charge is 2.13. The Balaban J connectivity index is 1.76. The number of imidazole rings is 2. The molecule has 4 rings (SSSR count). The zero-order chi connectivity index (χ0) is 17.6. The summed E-state index contributed by atoms with van der Waals surface area (Å²) in [6, 6.07) is 13.5. The summed E-state index contributed by atoms with van der Waals surface area (Å²) in [4.78, 5) is 4.75. The van der Waals surface area contributed by atoms with Crippen molar-refractivity contribution >= 4 is 29.0 Å². The summed E-state index contributed by atoms with van der Waals surface area (Å²) in [5.74, 6) is 1.68. The molecule has 0 aliphatic rings. The number of aryl methyl sites for hydroxylation is 1. The molecule has 0 aliphatic heterocycles. The van der Waals surface area contributed by atoms with Crippen LogP contribution in [0.5, 0.6) is 5.75 Å². The van der Waals surface area contributed by atoms with Crippen molar-refractivity contribution in [2.75, 3.05) is 7.11 Å². The quantitative estimate of drug-likeness (QED) is 0.487. The second-order valence-electron chi connectivity index (χ2n) is 5.76. The summed E-state index contributed by atoms with van der Waals surface area (Å²) in [7, 11) is 3.64. The topological polar surface area (TPSA) is 31.5 Å². The summed E-state index contributed by atoms with van der Waals surface area (Å²) < 4.78 is 9.25. The highest BCUT2D eigenvalue weighted by Crippen LogP contribution is 2.30. The van der Waals surface area contributed by atoms with Gasteiger partial charge < -0.3 is 9.30 Å². The molecule has 2 aromatic carbocycles. The maximum absolute atomic E-state index is 6.14. The maximum Gasteiger partial charge on any atom is 0.214 e. The Morgan fingerprint density at radius 1 is 0.920 bits per heavy atom. The minimum atomic E-state index is 0.539. The van der Waals surface area contributed by atoms with Crippen LogP contribution in [-0.2, 0) is 7.05 Å².